The van der Waals surface area contributed by atoms with Crippen LogP contribution in [0.1, 0.15) is 23.5 Å². The van der Waals surface area contributed by atoms with E-state index in [1.807, 2.05) is 0 Å². The van der Waals surface area contributed by atoms with E-state index in [0.717, 1.165) is 17.7 Å². The Morgan fingerprint density at radius 1 is 1.22 bits per heavy atom. The number of rotatable bonds is 5. The molecule has 9 heteroatoms. The van der Waals surface area contributed by atoms with Crippen molar-refractivity contribution >= 4 is 5.97 Å². The van der Waals surface area contributed by atoms with Crippen LogP contribution in [0, 0.1) is 5.82 Å². The molecule has 0 unspecified atom stereocenters. The fourth-order valence-corrected chi connectivity index (χ4v) is 3.08. The van der Waals surface area contributed by atoms with E-state index in [1.165, 1.54) is 0 Å². The Hall–Kier alpha value is -3.10. The highest BCUT2D eigenvalue weighted by Gasteiger charge is 2.45. The lowest BCUT2D eigenvalue weighted by atomic mass is 9.98. The van der Waals surface area contributed by atoms with E-state index in [4.69, 9.17) is 14.6 Å². The minimum Gasteiger partial charge on any atom is -0.492 e. The highest BCUT2D eigenvalue weighted by atomic mass is 19.3. The van der Waals surface area contributed by atoms with Crippen LogP contribution in [0.25, 0.3) is 0 Å². The lowest BCUT2D eigenvalue weighted by Gasteiger charge is -2.11. The van der Waals surface area contributed by atoms with E-state index in [2.05, 4.69) is 9.47 Å². The number of ether oxygens (including phenoxy) is 4. The van der Waals surface area contributed by atoms with E-state index in [9.17, 15) is 18.0 Å². The van der Waals surface area contributed by atoms with Crippen LogP contribution >= 0.6 is 0 Å². The maximum absolute atomic E-state index is 13.6. The Labute approximate surface area is 151 Å². The van der Waals surface area contributed by atoms with Gasteiger partial charge < -0.3 is 24.1 Å². The molecule has 0 saturated carbocycles. The minimum absolute atomic E-state index is 0.0474. The number of alkyl halides is 2. The van der Waals surface area contributed by atoms with Gasteiger partial charge in [0, 0.05) is 29.2 Å². The maximum atomic E-state index is 13.6. The van der Waals surface area contributed by atoms with Crippen molar-refractivity contribution < 1.29 is 42.0 Å². The molecular formula is C18H13F3O6. The lowest BCUT2D eigenvalue weighted by molar-refractivity contribution is -0.287. The van der Waals surface area contributed by atoms with E-state index >= 15 is 0 Å². The molecule has 2 aliphatic rings. The van der Waals surface area contributed by atoms with Gasteiger partial charge in [-0.1, -0.05) is 6.07 Å². The summed E-state index contributed by atoms with van der Waals surface area (Å²) in [6, 6.07) is 6.70. The predicted molar refractivity (Wildman–Crippen MR) is 83.9 cm³/mol. The molecule has 0 aromatic heterocycles. The third-order valence-electron chi connectivity index (χ3n) is 4.23. The fourth-order valence-electron chi connectivity index (χ4n) is 3.08. The van der Waals surface area contributed by atoms with Gasteiger partial charge in [-0.05, 0) is 12.1 Å². The smallest absolute Gasteiger partial charge is 0.492 e. The zero-order valence-electron chi connectivity index (χ0n) is 13.7. The molecule has 27 heavy (non-hydrogen) atoms. The van der Waals surface area contributed by atoms with Gasteiger partial charge in [-0.3, -0.25) is 4.79 Å². The first-order valence-electron chi connectivity index (χ1n) is 8.00. The monoisotopic (exact) mass is 382 g/mol. The normalized spacial score (nSPS) is 18.7. The zero-order valence-corrected chi connectivity index (χ0v) is 13.7. The summed E-state index contributed by atoms with van der Waals surface area (Å²) in [5.41, 5.74) is 0.820. The average Bonchev–Trinajstić information content (AvgIpc) is 3.11. The molecule has 0 bridgehead atoms. The molecule has 0 aliphatic carbocycles. The molecule has 0 fully saturated rings. The third kappa shape index (κ3) is 3.44. The molecule has 1 atom stereocenters. The van der Waals surface area contributed by atoms with Crippen molar-refractivity contribution in [3.63, 3.8) is 0 Å². The van der Waals surface area contributed by atoms with Crippen LogP contribution in [0.5, 0.6) is 23.0 Å². The van der Waals surface area contributed by atoms with E-state index in [0.29, 0.717) is 11.5 Å². The molecule has 2 aliphatic heterocycles. The molecular weight excluding hydrogens is 369 g/mol. The van der Waals surface area contributed by atoms with Crippen molar-refractivity contribution in [3.05, 3.63) is 47.3 Å². The first-order valence-corrected chi connectivity index (χ1v) is 8.00. The van der Waals surface area contributed by atoms with Crippen LogP contribution in [0.4, 0.5) is 13.2 Å². The van der Waals surface area contributed by atoms with Gasteiger partial charge in [0.2, 0.25) is 0 Å². The Kier molecular flexibility index (Phi) is 4.01. The number of hydrogen-bond donors (Lipinski definition) is 1. The minimum atomic E-state index is -3.86. The standard InChI is InChI=1S/C18H13F3O6/c19-11-3-10(17-15(5-11)26-18(20,21)27-17)8-24-12-1-2-13-9(4-16(22)23)7-25-14(13)6-12/h1-3,5-6,9H,4,7-8H2,(H,22,23)/t9-/m1/s1. The van der Waals surface area contributed by atoms with Crippen molar-refractivity contribution in [3.8, 4) is 23.0 Å². The van der Waals surface area contributed by atoms with Crippen molar-refractivity contribution in [2.75, 3.05) is 6.61 Å². The van der Waals surface area contributed by atoms with Crippen molar-refractivity contribution in [1.29, 1.82) is 0 Å². The SMILES string of the molecule is O=C(O)C[C@@H]1COc2cc(OCc3cc(F)cc4c3OC(F)(F)O4)ccc21. The second kappa shape index (κ2) is 6.26. The maximum Gasteiger partial charge on any atom is 0.586 e. The number of aliphatic carboxylic acids is 1. The van der Waals surface area contributed by atoms with Crippen LogP contribution in [-0.4, -0.2) is 24.0 Å². The molecule has 0 radical (unpaired) electrons. The summed E-state index contributed by atoms with van der Waals surface area (Å²) in [5, 5.41) is 8.91. The summed E-state index contributed by atoms with van der Waals surface area (Å²) in [5.74, 6) is -1.75. The largest absolute Gasteiger partial charge is 0.586 e. The van der Waals surface area contributed by atoms with Crippen molar-refractivity contribution in [2.24, 2.45) is 0 Å². The van der Waals surface area contributed by atoms with Gasteiger partial charge in [0.05, 0.1) is 13.0 Å². The molecule has 4 rings (SSSR count). The fraction of sp³-hybridized carbons (Fsp3) is 0.278. The molecule has 2 aromatic carbocycles. The van der Waals surface area contributed by atoms with Crippen molar-refractivity contribution in [1.82, 2.24) is 0 Å². The van der Waals surface area contributed by atoms with E-state index in [1.54, 1.807) is 18.2 Å². The summed E-state index contributed by atoms with van der Waals surface area (Å²) in [7, 11) is 0. The first kappa shape index (κ1) is 17.3. The summed E-state index contributed by atoms with van der Waals surface area (Å²) >= 11 is 0. The second-order valence-electron chi connectivity index (χ2n) is 6.15. The third-order valence-corrected chi connectivity index (χ3v) is 4.23. The van der Waals surface area contributed by atoms with Gasteiger partial charge in [0.15, 0.2) is 11.5 Å². The number of fused-ring (bicyclic) bond motifs is 2. The summed E-state index contributed by atoms with van der Waals surface area (Å²) in [4.78, 5) is 10.9. The summed E-state index contributed by atoms with van der Waals surface area (Å²) in [6.07, 6.45) is -3.90. The van der Waals surface area contributed by atoms with Gasteiger partial charge >= 0.3 is 12.3 Å². The molecule has 0 amide bonds. The number of halogens is 3. The van der Waals surface area contributed by atoms with Gasteiger partial charge in [0.25, 0.3) is 0 Å². The first-order chi connectivity index (χ1) is 12.8. The van der Waals surface area contributed by atoms with Gasteiger partial charge in [-0.15, -0.1) is 8.78 Å². The Morgan fingerprint density at radius 2 is 2.04 bits per heavy atom. The van der Waals surface area contributed by atoms with Crippen LogP contribution in [0.2, 0.25) is 0 Å². The number of hydrogen-bond acceptors (Lipinski definition) is 5. The average molecular weight is 382 g/mol. The molecule has 6 nitrogen and oxygen atoms in total. The molecule has 2 heterocycles. The Morgan fingerprint density at radius 3 is 2.81 bits per heavy atom. The van der Waals surface area contributed by atoms with Crippen molar-refractivity contribution in [2.45, 2.75) is 25.2 Å². The quantitative estimate of drug-likeness (QED) is 0.851. The van der Waals surface area contributed by atoms with Gasteiger partial charge in [0.1, 0.15) is 23.9 Å². The number of benzene rings is 2. The van der Waals surface area contributed by atoms with Crippen LogP contribution in [0.15, 0.2) is 30.3 Å². The Balaban J connectivity index is 1.50. The summed E-state index contributed by atoms with van der Waals surface area (Å²) in [6.45, 7) is 0.0135. The number of carbonyl (C=O) groups is 1. The van der Waals surface area contributed by atoms with Gasteiger partial charge in [-0.25, -0.2) is 4.39 Å². The van der Waals surface area contributed by atoms with E-state index in [-0.39, 0.29) is 36.9 Å². The highest BCUT2D eigenvalue weighted by Crippen LogP contribution is 2.44. The predicted octanol–water partition coefficient (Wildman–Crippen LogP) is 3.68. The van der Waals surface area contributed by atoms with Crippen LogP contribution in [0.3, 0.4) is 0 Å². The number of carboxylic acid groups (broad SMARTS) is 1. The molecule has 0 saturated heterocycles. The molecule has 1 N–H and O–H groups in total. The highest BCUT2D eigenvalue weighted by molar-refractivity contribution is 5.68. The topological polar surface area (TPSA) is 74.2 Å². The number of carboxylic acids is 1. The second-order valence-corrected chi connectivity index (χ2v) is 6.15. The summed E-state index contributed by atoms with van der Waals surface area (Å²) < 4.78 is 59.7. The van der Waals surface area contributed by atoms with Crippen LogP contribution < -0.4 is 18.9 Å². The van der Waals surface area contributed by atoms with Gasteiger partial charge in [-0.2, -0.15) is 0 Å². The zero-order chi connectivity index (χ0) is 19.2. The van der Waals surface area contributed by atoms with Crippen LogP contribution in [-0.2, 0) is 11.4 Å². The lowest BCUT2D eigenvalue weighted by Crippen LogP contribution is -2.26. The molecule has 0 spiro atoms. The molecule has 2 aromatic rings. The van der Waals surface area contributed by atoms with E-state index < -0.39 is 23.8 Å². The Bertz CT molecular complexity index is 914. The molecule has 142 valence electrons.